The molecule has 0 fully saturated rings. The Kier molecular flexibility index (Phi) is 2.43. The molecule has 0 aliphatic heterocycles. The second-order valence-electron chi connectivity index (χ2n) is 2.94. The Hall–Kier alpha value is -1.69. The molecule has 0 saturated heterocycles. The smallest absolute Gasteiger partial charge is 0.110 e. The Morgan fingerprint density at radius 3 is 2.38 bits per heavy atom. The number of hydrogen-bond acceptors (Lipinski definition) is 3. The summed E-state index contributed by atoms with van der Waals surface area (Å²) >= 11 is 0. The van der Waals surface area contributed by atoms with Crippen molar-refractivity contribution >= 4 is 5.70 Å². The minimum Gasteiger partial charge on any atom is -0.466 e. The van der Waals surface area contributed by atoms with Crippen LogP contribution in [0.25, 0.3) is 5.70 Å². The van der Waals surface area contributed by atoms with Gasteiger partial charge in [0, 0.05) is 11.6 Å². The van der Waals surface area contributed by atoms with Crippen molar-refractivity contribution in [3.63, 3.8) is 0 Å². The van der Waals surface area contributed by atoms with Crippen molar-refractivity contribution in [2.75, 3.05) is 0 Å². The van der Waals surface area contributed by atoms with Gasteiger partial charge in [0.25, 0.3) is 0 Å². The van der Waals surface area contributed by atoms with Crippen LogP contribution >= 0.6 is 0 Å². The standard InChI is InChI=1S/C10H12N2O/c1-6-7(2)13-8(3)10(6)9(12)4-5-11/h4H,12H2,1-3H3/b9-4-. The van der Waals surface area contributed by atoms with Crippen molar-refractivity contribution in [2.24, 2.45) is 5.73 Å². The molecule has 1 aromatic heterocycles. The van der Waals surface area contributed by atoms with Crippen LogP contribution in [0.15, 0.2) is 10.5 Å². The molecule has 0 atom stereocenters. The molecule has 68 valence electrons. The van der Waals surface area contributed by atoms with E-state index in [1.54, 1.807) is 0 Å². The number of nitrogens with zero attached hydrogens (tertiary/aromatic N) is 1. The average Bonchev–Trinajstić information content (AvgIpc) is 2.27. The monoisotopic (exact) mass is 176 g/mol. The summed E-state index contributed by atoms with van der Waals surface area (Å²) in [5, 5.41) is 8.45. The zero-order valence-electron chi connectivity index (χ0n) is 8.01. The van der Waals surface area contributed by atoms with E-state index in [1.807, 2.05) is 26.8 Å². The van der Waals surface area contributed by atoms with Crippen LogP contribution in [0.1, 0.15) is 22.6 Å². The number of rotatable bonds is 1. The fourth-order valence-electron chi connectivity index (χ4n) is 1.36. The van der Waals surface area contributed by atoms with Crippen molar-refractivity contribution in [3.8, 4) is 6.07 Å². The van der Waals surface area contributed by atoms with Crippen LogP contribution < -0.4 is 5.73 Å². The van der Waals surface area contributed by atoms with Gasteiger partial charge in [0.15, 0.2) is 0 Å². The molecule has 1 rings (SSSR count). The summed E-state index contributed by atoms with van der Waals surface area (Å²) in [6.45, 7) is 5.65. The number of furan rings is 1. The van der Waals surface area contributed by atoms with Crippen molar-refractivity contribution < 1.29 is 4.42 Å². The number of nitrogens with two attached hydrogens (primary N) is 1. The average molecular weight is 176 g/mol. The molecule has 3 heteroatoms. The van der Waals surface area contributed by atoms with Crippen LogP contribution in [0.3, 0.4) is 0 Å². The van der Waals surface area contributed by atoms with Crippen LogP contribution in [0.4, 0.5) is 0 Å². The maximum absolute atomic E-state index is 8.45. The lowest BCUT2D eigenvalue weighted by Crippen LogP contribution is -1.97. The second kappa shape index (κ2) is 3.36. The van der Waals surface area contributed by atoms with Crippen LogP contribution in [-0.4, -0.2) is 0 Å². The largest absolute Gasteiger partial charge is 0.466 e. The van der Waals surface area contributed by atoms with Gasteiger partial charge in [0.1, 0.15) is 11.5 Å². The molecule has 0 aromatic carbocycles. The summed E-state index contributed by atoms with van der Waals surface area (Å²) in [6.07, 6.45) is 1.32. The lowest BCUT2D eigenvalue weighted by atomic mass is 10.1. The first-order valence-corrected chi connectivity index (χ1v) is 4.00. The van der Waals surface area contributed by atoms with Gasteiger partial charge in [-0.3, -0.25) is 0 Å². The Balaban J connectivity index is 3.31. The molecule has 0 aliphatic carbocycles. The fourth-order valence-corrected chi connectivity index (χ4v) is 1.36. The van der Waals surface area contributed by atoms with Crippen molar-refractivity contribution in [2.45, 2.75) is 20.8 Å². The minimum absolute atomic E-state index is 0.467. The Morgan fingerprint density at radius 1 is 1.38 bits per heavy atom. The highest BCUT2D eigenvalue weighted by molar-refractivity contribution is 5.69. The maximum Gasteiger partial charge on any atom is 0.110 e. The summed E-state index contributed by atoms with van der Waals surface area (Å²) in [7, 11) is 0. The van der Waals surface area contributed by atoms with E-state index in [4.69, 9.17) is 15.4 Å². The van der Waals surface area contributed by atoms with Crippen LogP contribution in [0, 0.1) is 32.1 Å². The normalized spacial score (nSPS) is 11.4. The first-order valence-electron chi connectivity index (χ1n) is 4.00. The summed E-state index contributed by atoms with van der Waals surface area (Å²) < 4.78 is 5.38. The van der Waals surface area contributed by atoms with E-state index < -0.39 is 0 Å². The number of nitriles is 1. The topological polar surface area (TPSA) is 62.9 Å². The quantitative estimate of drug-likeness (QED) is 0.666. The van der Waals surface area contributed by atoms with Crippen molar-refractivity contribution in [3.05, 3.63) is 28.7 Å². The lowest BCUT2D eigenvalue weighted by molar-refractivity contribution is 0.502. The molecule has 0 radical (unpaired) electrons. The summed E-state index contributed by atoms with van der Waals surface area (Å²) in [5.74, 6) is 1.61. The third-order valence-corrected chi connectivity index (χ3v) is 2.07. The molecule has 0 unspecified atom stereocenters. The van der Waals surface area contributed by atoms with Gasteiger partial charge in [0.2, 0.25) is 0 Å². The molecule has 2 N–H and O–H groups in total. The fraction of sp³-hybridized carbons (Fsp3) is 0.300. The third-order valence-electron chi connectivity index (χ3n) is 2.07. The van der Waals surface area contributed by atoms with Gasteiger partial charge in [-0.2, -0.15) is 5.26 Å². The van der Waals surface area contributed by atoms with Gasteiger partial charge >= 0.3 is 0 Å². The van der Waals surface area contributed by atoms with Gasteiger partial charge in [0.05, 0.1) is 11.8 Å². The SMILES string of the molecule is Cc1oc(C)c(/C(N)=C/C#N)c1C. The first-order chi connectivity index (χ1) is 6.07. The van der Waals surface area contributed by atoms with E-state index in [1.165, 1.54) is 6.08 Å². The molecule has 3 nitrogen and oxygen atoms in total. The highest BCUT2D eigenvalue weighted by Gasteiger charge is 2.12. The molecule has 1 heterocycles. The molecule has 0 bridgehead atoms. The minimum atomic E-state index is 0.467. The highest BCUT2D eigenvalue weighted by atomic mass is 16.3. The van der Waals surface area contributed by atoms with Crippen LogP contribution in [0.5, 0.6) is 0 Å². The number of allylic oxidation sites excluding steroid dienone is 1. The Morgan fingerprint density at radius 2 is 2.00 bits per heavy atom. The zero-order chi connectivity index (χ0) is 10.0. The molecule has 0 saturated carbocycles. The molecule has 0 aliphatic rings. The van der Waals surface area contributed by atoms with Gasteiger partial charge in [-0.15, -0.1) is 0 Å². The van der Waals surface area contributed by atoms with Gasteiger partial charge in [-0.25, -0.2) is 0 Å². The summed E-state index contributed by atoms with van der Waals surface area (Å²) in [4.78, 5) is 0. The van der Waals surface area contributed by atoms with E-state index in [2.05, 4.69) is 0 Å². The maximum atomic E-state index is 8.45. The van der Waals surface area contributed by atoms with Gasteiger partial charge in [-0.1, -0.05) is 0 Å². The first kappa shape index (κ1) is 9.40. The second-order valence-corrected chi connectivity index (χ2v) is 2.94. The van der Waals surface area contributed by atoms with Crippen molar-refractivity contribution in [1.29, 1.82) is 5.26 Å². The third kappa shape index (κ3) is 1.57. The number of aryl methyl sites for hydroxylation is 2. The molecule has 1 aromatic rings. The Bertz CT molecular complexity index is 394. The molecule has 0 amide bonds. The van der Waals surface area contributed by atoms with E-state index in [9.17, 15) is 0 Å². The zero-order valence-corrected chi connectivity index (χ0v) is 8.01. The van der Waals surface area contributed by atoms with Gasteiger partial charge < -0.3 is 10.2 Å². The highest BCUT2D eigenvalue weighted by Crippen LogP contribution is 2.24. The number of hydrogen-bond donors (Lipinski definition) is 1. The molecule has 13 heavy (non-hydrogen) atoms. The van der Waals surface area contributed by atoms with Crippen LogP contribution in [0.2, 0.25) is 0 Å². The predicted molar refractivity (Wildman–Crippen MR) is 50.7 cm³/mol. The lowest BCUT2D eigenvalue weighted by Gasteiger charge is -1.98. The van der Waals surface area contributed by atoms with E-state index >= 15 is 0 Å². The van der Waals surface area contributed by atoms with E-state index in [0.29, 0.717) is 5.70 Å². The predicted octanol–water partition coefficient (Wildman–Crippen LogP) is 2.03. The Labute approximate surface area is 77.5 Å². The van der Waals surface area contributed by atoms with Crippen LogP contribution in [-0.2, 0) is 0 Å². The molecular formula is C10H12N2O. The van der Waals surface area contributed by atoms with E-state index in [0.717, 1.165) is 22.6 Å². The molecular weight excluding hydrogens is 164 g/mol. The van der Waals surface area contributed by atoms with Gasteiger partial charge in [-0.05, 0) is 26.3 Å². The summed E-state index contributed by atoms with van der Waals surface area (Å²) in [5.41, 5.74) is 8.01. The molecule has 0 spiro atoms. The van der Waals surface area contributed by atoms with E-state index in [-0.39, 0.29) is 0 Å². The van der Waals surface area contributed by atoms with Crippen molar-refractivity contribution in [1.82, 2.24) is 0 Å². The summed E-state index contributed by atoms with van der Waals surface area (Å²) in [6, 6.07) is 1.90.